The Bertz CT molecular complexity index is 1240. The first-order valence-corrected chi connectivity index (χ1v) is 10.9. The van der Waals surface area contributed by atoms with Crippen molar-refractivity contribution in [3.05, 3.63) is 52.3 Å². The molecule has 2 aliphatic heterocycles. The molecule has 0 saturated heterocycles. The first kappa shape index (κ1) is 21.5. The summed E-state index contributed by atoms with van der Waals surface area (Å²) in [4.78, 5) is 15.3. The van der Waals surface area contributed by atoms with E-state index in [1.54, 1.807) is 22.7 Å². The largest absolute Gasteiger partial charge is 0.492 e. The van der Waals surface area contributed by atoms with Crippen LogP contribution in [0.15, 0.2) is 24.3 Å². The van der Waals surface area contributed by atoms with Gasteiger partial charge >= 0.3 is 6.18 Å². The number of ether oxygens (including phenoxy) is 1. The average Bonchev–Trinajstić information content (AvgIpc) is 3.32. The minimum atomic E-state index is -4.53. The van der Waals surface area contributed by atoms with Crippen LogP contribution in [-0.4, -0.2) is 43.5 Å². The van der Waals surface area contributed by atoms with Gasteiger partial charge in [-0.1, -0.05) is 12.1 Å². The number of aryl methyl sites for hydroxylation is 3. The molecule has 7 nitrogen and oxygen atoms in total. The van der Waals surface area contributed by atoms with Crippen LogP contribution in [0, 0.1) is 0 Å². The molecule has 0 bridgehead atoms. The molecule has 2 aromatic heterocycles. The number of halogens is 3. The van der Waals surface area contributed by atoms with Crippen LogP contribution in [0.25, 0.3) is 11.4 Å². The van der Waals surface area contributed by atoms with Crippen LogP contribution in [0.2, 0.25) is 0 Å². The molecule has 0 radical (unpaired) electrons. The topological polar surface area (TPSA) is 65.2 Å². The number of carbonyl (C=O) groups excluding carboxylic acids is 1. The smallest absolute Gasteiger partial charge is 0.435 e. The lowest BCUT2D eigenvalue weighted by molar-refractivity contribution is -0.141. The number of nitrogens with zero attached hydrogens (tertiary/aromatic N) is 5. The van der Waals surface area contributed by atoms with Crippen molar-refractivity contribution in [2.24, 2.45) is 14.1 Å². The predicted molar refractivity (Wildman–Crippen MR) is 114 cm³/mol. The molecular weight excluding hydrogens is 435 g/mol. The van der Waals surface area contributed by atoms with Crippen molar-refractivity contribution >= 4 is 5.91 Å². The highest BCUT2D eigenvalue weighted by Gasteiger charge is 2.38. The molecule has 1 aromatic carbocycles. The van der Waals surface area contributed by atoms with Gasteiger partial charge < -0.3 is 9.64 Å². The zero-order chi connectivity index (χ0) is 23.5. The standard InChI is InChI=1S/C23H24F3N5O2/c1-13-19-15(20(30(3)28-19)17-12-18(23(24,25)26)27-29(17)2)9-10-31(13)22(32)16-8-4-6-14-7-5-11-33-21(14)16/h4,6,8,12-13H,5,7,9-11H2,1-3H3. The van der Waals surface area contributed by atoms with Crippen molar-refractivity contribution in [1.82, 2.24) is 24.5 Å². The third kappa shape index (κ3) is 3.48. The zero-order valence-electron chi connectivity index (χ0n) is 18.6. The van der Waals surface area contributed by atoms with Gasteiger partial charge in [0.25, 0.3) is 5.91 Å². The van der Waals surface area contributed by atoms with Crippen LogP contribution >= 0.6 is 0 Å². The highest BCUT2D eigenvalue weighted by molar-refractivity contribution is 5.98. The third-order valence-corrected chi connectivity index (χ3v) is 6.48. The fourth-order valence-corrected chi connectivity index (χ4v) is 4.88. The van der Waals surface area contributed by atoms with E-state index in [4.69, 9.17) is 4.74 Å². The molecule has 1 unspecified atom stereocenters. The molecule has 0 saturated carbocycles. The van der Waals surface area contributed by atoms with E-state index in [1.165, 1.54) is 11.7 Å². The van der Waals surface area contributed by atoms with Gasteiger partial charge in [0.15, 0.2) is 5.69 Å². The van der Waals surface area contributed by atoms with Gasteiger partial charge in [0.2, 0.25) is 0 Å². The quantitative estimate of drug-likeness (QED) is 0.583. The molecule has 0 fully saturated rings. The summed E-state index contributed by atoms with van der Waals surface area (Å²) in [6, 6.07) is 6.35. The monoisotopic (exact) mass is 459 g/mol. The summed E-state index contributed by atoms with van der Waals surface area (Å²) >= 11 is 0. The van der Waals surface area contributed by atoms with Gasteiger partial charge in [0.1, 0.15) is 5.75 Å². The Balaban J connectivity index is 1.50. The number of benzene rings is 1. The van der Waals surface area contributed by atoms with Crippen molar-refractivity contribution < 1.29 is 22.7 Å². The van der Waals surface area contributed by atoms with Crippen molar-refractivity contribution in [3.63, 3.8) is 0 Å². The Morgan fingerprint density at radius 3 is 2.67 bits per heavy atom. The van der Waals surface area contributed by atoms with Gasteiger partial charge in [0, 0.05) is 26.2 Å². The second-order valence-electron chi connectivity index (χ2n) is 8.54. The zero-order valence-corrected chi connectivity index (χ0v) is 18.6. The molecule has 2 aliphatic rings. The minimum Gasteiger partial charge on any atom is -0.492 e. The summed E-state index contributed by atoms with van der Waals surface area (Å²) in [5.41, 5.74) is 3.11. The van der Waals surface area contributed by atoms with E-state index in [0.717, 1.165) is 30.0 Å². The van der Waals surface area contributed by atoms with E-state index in [1.807, 2.05) is 19.1 Å². The number of carbonyl (C=O) groups is 1. The summed E-state index contributed by atoms with van der Waals surface area (Å²) in [5, 5.41) is 8.25. The molecule has 174 valence electrons. The summed E-state index contributed by atoms with van der Waals surface area (Å²) < 4.78 is 48.2. The number of para-hydroxylation sites is 1. The van der Waals surface area contributed by atoms with Crippen LogP contribution in [0.4, 0.5) is 13.2 Å². The van der Waals surface area contributed by atoms with E-state index in [-0.39, 0.29) is 11.9 Å². The number of hydrogen-bond acceptors (Lipinski definition) is 4. The van der Waals surface area contributed by atoms with Crippen LogP contribution in [-0.2, 0) is 33.1 Å². The van der Waals surface area contributed by atoms with Crippen LogP contribution in [0.3, 0.4) is 0 Å². The Hall–Kier alpha value is -3.30. The van der Waals surface area contributed by atoms with E-state index in [9.17, 15) is 18.0 Å². The molecule has 4 heterocycles. The van der Waals surface area contributed by atoms with E-state index in [2.05, 4.69) is 10.2 Å². The molecule has 0 aliphatic carbocycles. The molecule has 0 spiro atoms. The molecule has 3 aromatic rings. The Kier molecular flexibility index (Phi) is 4.98. The first-order chi connectivity index (χ1) is 15.7. The Morgan fingerprint density at radius 2 is 1.94 bits per heavy atom. The molecule has 0 N–H and O–H groups in total. The summed E-state index contributed by atoms with van der Waals surface area (Å²) in [6.07, 6.45) is -2.24. The van der Waals surface area contributed by atoms with Crippen molar-refractivity contribution in [3.8, 4) is 17.1 Å². The Morgan fingerprint density at radius 1 is 1.15 bits per heavy atom. The van der Waals surface area contributed by atoms with Gasteiger partial charge in [-0.2, -0.15) is 23.4 Å². The highest BCUT2D eigenvalue weighted by Crippen LogP contribution is 2.39. The van der Waals surface area contributed by atoms with Gasteiger partial charge in [-0.05, 0) is 43.9 Å². The minimum absolute atomic E-state index is 0.126. The van der Waals surface area contributed by atoms with E-state index >= 15 is 0 Å². The number of rotatable bonds is 2. The van der Waals surface area contributed by atoms with E-state index < -0.39 is 11.9 Å². The summed E-state index contributed by atoms with van der Waals surface area (Å²) in [7, 11) is 3.19. The second-order valence-corrected chi connectivity index (χ2v) is 8.54. The molecular formula is C23H24F3N5O2. The highest BCUT2D eigenvalue weighted by atomic mass is 19.4. The molecule has 10 heteroatoms. The molecule has 1 amide bonds. The maximum absolute atomic E-state index is 13.5. The number of amides is 1. The van der Waals surface area contributed by atoms with Gasteiger partial charge in [-0.25, -0.2) is 0 Å². The molecule has 1 atom stereocenters. The number of hydrogen-bond donors (Lipinski definition) is 0. The number of fused-ring (bicyclic) bond motifs is 2. The lowest BCUT2D eigenvalue weighted by atomic mass is 9.95. The molecule has 33 heavy (non-hydrogen) atoms. The normalized spacial score (nSPS) is 18.0. The van der Waals surface area contributed by atoms with Gasteiger partial charge in [-0.3, -0.25) is 14.2 Å². The summed E-state index contributed by atoms with van der Waals surface area (Å²) in [5.74, 6) is 0.530. The number of alkyl halides is 3. The van der Waals surface area contributed by atoms with Crippen LogP contribution in [0.1, 0.15) is 52.3 Å². The number of aromatic nitrogens is 4. The maximum Gasteiger partial charge on any atom is 0.435 e. The van der Waals surface area contributed by atoms with E-state index in [0.29, 0.717) is 48.0 Å². The van der Waals surface area contributed by atoms with Crippen molar-refractivity contribution in [1.29, 1.82) is 0 Å². The third-order valence-electron chi connectivity index (χ3n) is 6.48. The first-order valence-electron chi connectivity index (χ1n) is 10.9. The van der Waals surface area contributed by atoms with Crippen molar-refractivity contribution in [2.75, 3.05) is 13.2 Å². The van der Waals surface area contributed by atoms with Crippen molar-refractivity contribution in [2.45, 2.75) is 38.4 Å². The summed E-state index contributed by atoms with van der Waals surface area (Å²) in [6.45, 7) is 2.91. The lowest BCUT2D eigenvalue weighted by Crippen LogP contribution is -2.39. The molecule has 5 rings (SSSR count). The maximum atomic E-state index is 13.5. The fourth-order valence-electron chi connectivity index (χ4n) is 4.88. The lowest BCUT2D eigenvalue weighted by Gasteiger charge is -2.34. The predicted octanol–water partition coefficient (Wildman–Crippen LogP) is 3.92. The fraction of sp³-hybridized carbons (Fsp3) is 0.435. The SMILES string of the molecule is CC1c2nn(C)c(-c3cc(C(F)(F)F)nn3C)c2CCN1C(=O)c1cccc2c1OCCC2. The van der Waals surface area contributed by atoms with Crippen LogP contribution < -0.4 is 4.74 Å². The van der Waals surface area contributed by atoms with Gasteiger partial charge in [0.05, 0.1) is 35.3 Å². The second kappa shape index (κ2) is 7.64. The van der Waals surface area contributed by atoms with Crippen LogP contribution in [0.5, 0.6) is 5.75 Å². The average molecular weight is 459 g/mol. The Labute approximate surface area is 188 Å². The van der Waals surface area contributed by atoms with Gasteiger partial charge in [-0.15, -0.1) is 0 Å².